The molecule has 0 atom stereocenters. The van der Waals surface area contributed by atoms with E-state index in [-0.39, 0.29) is 0 Å². The van der Waals surface area contributed by atoms with Gasteiger partial charge in [0, 0.05) is 16.5 Å². The lowest BCUT2D eigenvalue weighted by atomic mass is 10.1. The monoisotopic (exact) mass is 448 g/mol. The summed E-state index contributed by atoms with van der Waals surface area (Å²) in [5.74, 6) is -0.597. The lowest BCUT2D eigenvalue weighted by molar-refractivity contribution is 0.488. The number of benzene rings is 3. The maximum atomic E-state index is 13.5. The number of aryl methyl sites for hydroxylation is 1. The van der Waals surface area contributed by atoms with Gasteiger partial charge in [0.1, 0.15) is 17.2 Å². The van der Waals surface area contributed by atoms with Gasteiger partial charge in [-0.15, -0.1) is 5.10 Å². The first-order valence-electron chi connectivity index (χ1n) is 9.70. The van der Waals surface area contributed by atoms with Gasteiger partial charge in [0.05, 0.1) is 23.1 Å². The van der Waals surface area contributed by atoms with E-state index in [4.69, 9.17) is 16.3 Å². The van der Waals surface area contributed by atoms with Crippen LogP contribution in [0, 0.1) is 18.6 Å². The molecule has 5 rings (SSSR count). The summed E-state index contributed by atoms with van der Waals surface area (Å²) >= 11 is 6.20. The number of ether oxygens (including phenoxy) is 1. The van der Waals surface area contributed by atoms with Crippen LogP contribution in [-0.2, 0) is 0 Å². The van der Waals surface area contributed by atoms with Gasteiger partial charge in [-0.25, -0.2) is 18.4 Å². The van der Waals surface area contributed by atoms with E-state index in [0.717, 1.165) is 23.1 Å². The fourth-order valence-corrected chi connectivity index (χ4v) is 3.43. The predicted molar refractivity (Wildman–Crippen MR) is 118 cm³/mol. The molecular formula is C24H15ClF2N4O. The van der Waals surface area contributed by atoms with Crippen molar-refractivity contribution in [2.75, 3.05) is 0 Å². The summed E-state index contributed by atoms with van der Waals surface area (Å²) in [6, 6.07) is 18.3. The third-order valence-electron chi connectivity index (χ3n) is 4.99. The number of pyridine rings is 1. The van der Waals surface area contributed by atoms with Crippen molar-refractivity contribution in [3.05, 3.63) is 95.1 Å². The quantitative estimate of drug-likeness (QED) is 0.314. The first-order chi connectivity index (χ1) is 15.5. The second-order valence-electron chi connectivity index (χ2n) is 7.18. The van der Waals surface area contributed by atoms with Crippen LogP contribution in [0.25, 0.3) is 28.0 Å². The zero-order valence-electron chi connectivity index (χ0n) is 16.8. The smallest absolute Gasteiger partial charge is 0.160 e. The highest BCUT2D eigenvalue weighted by atomic mass is 35.5. The molecular weight excluding hydrogens is 434 g/mol. The average molecular weight is 449 g/mol. The molecule has 0 N–H and O–H groups in total. The third kappa shape index (κ3) is 3.78. The maximum absolute atomic E-state index is 13.5. The average Bonchev–Trinajstić information content (AvgIpc) is 3.28. The van der Waals surface area contributed by atoms with E-state index in [2.05, 4.69) is 15.3 Å². The Bertz CT molecular complexity index is 1470. The van der Waals surface area contributed by atoms with E-state index in [1.54, 1.807) is 18.3 Å². The Morgan fingerprint density at radius 3 is 2.59 bits per heavy atom. The van der Waals surface area contributed by atoms with Crippen LogP contribution in [0.3, 0.4) is 0 Å². The van der Waals surface area contributed by atoms with Crippen molar-refractivity contribution in [2.45, 2.75) is 6.92 Å². The molecule has 0 saturated carbocycles. The molecule has 0 unspecified atom stereocenters. The largest absolute Gasteiger partial charge is 0.457 e. The Kier molecular flexibility index (Phi) is 5.03. The number of hydrogen-bond donors (Lipinski definition) is 0. The molecule has 2 heterocycles. The third-order valence-corrected chi connectivity index (χ3v) is 5.39. The van der Waals surface area contributed by atoms with Crippen LogP contribution in [0.15, 0.2) is 72.9 Å². The van der Waals surface area contributed by atoms with Gasteiger partial charge in [0.15, 0.2) is 11.6 Å². The molecule has 5 nitrogen and oxygen atoms in total. The topological polar surface area (TPSA) is 52.8 Å². The van der Waals surface area contributed by atoms with Gasteiger partial charge in [-0.2, -0.15) is 0 Å². The Hall–Kier alpha value is -3.84. The molecule has 0 aliphatic carbocycles. The minimum absolute atomic E-state index is 0.357. The standard InChI is InChI=1S/C24H15ClF2N4O/c1-14-5-7-16(12-18(14)25)32-24-4-2-3-21-17(24)8-10-22(28-21)23-13-31(30-29-23)15-6-9-19(26)20(27)11-15/h2-13H,1H3. The Morgan fingerprint density at radius 2 is 1.78 bits per heavy atom. The molecule has 2 aromatic heterocycles. The Morgan fingerprint density at radius 1 is 0.906 bits per heavy atom. The first kappa shape index (κ1) is 20.1. The fourth-order valence-electron chi connectivity index (χ4n) is 3.26. The second kappa shape index (κ2) is 8.01. The highest BCUT2D eigenvalue weighted by Crippen LogP contribution is 2.32. The van der Waals surface area contributed by atoms with E-state index in [1.165, 1.54) is 10.7 Å². The van der Waals surface area contributed by atoms with Gasteiger partial charge in [-0.05, 0) is 61.0 Å². The molecule has 5 aromatic rings. The van der Waals surface area contributed by atoms with Crippen LogP contribution in [0.2, 0.25) is 5.02 Å². The van der Waals surface area contributed by atoms with Gasteiger partial charge in [0.25, 0.3) is 0 Å². The molecule has 3 aromatic carbocycles. The Labute approximate surface area is 186 Å². The minimum Gasteiger partial charge on any atom is -0.457 e. The van der Waals surface area contributed by atoms with E-state index in [9.17, 15) is 8.78 Å². The number of aromatic nitrogens is 4. The van der Waals surface area contributed by atoms with Gasteiger partial charge < -0.3 is 4.74 Å². The molecule has 0 amide bonds. The molecule has 32 heavy (non-hydrogen) atoms. The maximum Gasteiger partial charge on any atom is 0.160 e. The van der Waals surface area contributed by atoms with E-state index in [1.807, 2.05) is 43.3 Å². The summed E-state index contributed by atoms with van der Waals surface area (Å²) in [4.78, 5) is 4.66. The lowest BCUT2D eigenvalue weighted by Crippen LogP contribution is -1.96. The molecule has 0 aliphatic heterocycles. The summed E-state index contributed by atoms with van der Waals surface area (Å²) in [6.07, 6.45) is 1.61. The van der Waals surface area contributed by atoms with Crippen molar-refractivity contribution < 1.29 is 13.5 Å². The molecule has 8 heteroatoms. The summed E-state index contributed by atoms with van der Waals surface area (Å²) in [5, 5.41) is 9.57. The first-order valence-corrected chi connectivity index (χ1v) is 10.1. The van der Waals surface area contributed by atoms with E-state index < -0.39 is 11.6 Å². The van der Waals surface area contributed by atoms with Crippen LogP contribution in [-0.4, -0.2) is 20.0 Å². The molecule has 0 fully saturated rings. The van der Waals surface area contributed by atoms with Crippen molar-refractivity contribution in [1.82, 2.24) is 20.0 Å². The molecule has 0 saturated heterocycles. The molecule has 0 bridgehead atoms. The highest BCUT2D eigenvalue weighted by Gasteiger charge is 2.12. The molecule has 0 spiro atoms. The normalized spacial score (nSPS) is 11.1. The van der Waals surface area contributed by atoms with Gasteiger partial charge in [0.2, 0.25) is 0 Å². The van der Waals surface area contributed by atoms with Crippen molar-refractivity contribution in [3.63, 3.8) is 0 Å². The van der Waals surface area contributed by atoms with Crippen LogP contribution in [0.4, 0.5) is 8.78 Å². The zero-order chi connectivity index (χ0) is 22.2. The van der Waals surface area contributed by atoms with Crippen LogP contribution in [0.5, 0.6) is 11.5 Å². The fraction of sp³-hybridized carbons (Fsp3) is 0.0417. The van der Waals surface area contributed by atoms with Gasteiger partial charge in [-0.3, -0.25) is 0 Å². The number of halogens is 3. The van der Waals surface area contributed by atoms with Crippen LogP contribution in [0.1, 0.15) is 5.56 Å². The zero-order valence-corrected chi connectivity index (χ0v) is 17.5. The lowest BCUT2D eigenvalue weighted by Gasteiger charge is -2.10. The number of rotatable bonds is 4. The minimum atomic E-state index is -0.953. The van der Waals surface area contributed by atoms with E-state index >= 15 is 0 Å². The predicted octanol–water partition coefficient (Wildman–Crippen LogP) is 6.51. The van der Waals surface area contributed by atoms with Crippen LogP contribution >= 0.6 is 11.6 Å². The van der Waals surface area contributed by atoms with E-state index in [0.29, 0.717) is 39.1 Å². The number of fused-ring (bicyclic) bond motifs is 1. The Balaban J connectivity index is 1.47. The number of hydrogen-bond acceptors (Lipinski definition) is 4. The summed E-state index contributed by atoms with van der Waals surface area (Å²) in [5.41, 5.74) is 3.12. The van der Waals surface area contributed by atoms with Gasteiger partial charge in [-0.1, -0.05) is 28.9 Å². The number of nitrogens with zero attached hydrogens (tertiary/aromatic N) is 4. The molecule has 0 aliphatic rings. The van der Waals surface area contributed by atoms with Crippen molar-refractivity contribution in [3.8, 4) is 28.6 Å². The van der Waals surface area contributed by atoms with Crippen LogP contribution < -0.4 is 4.74 Å². The highest BCUT2D eigenvalue weighted by molar-refractivity contribution is 6.31. The summed E-state index contributed by atoms with van der Waals surface area (Å²) in [7, 11) is 0. The SMILES string of the molecule is Cc1ccc(Oc2cccc3nc(-c4cn(-c5ccc(F)c(F)c5)nn4)ccc23)cc1Cl. The second-order valence-corrected chi connectivity index (χ2v) is 7.59. The summed E-state index contributed by atoms with van der Waals surface area (Å²) in [6.45, 7) is 1.93. The van der Waals surface area contributed by atoms with Crippen molar-refractivity contribution in [2.24, 2.45) is 0 Å². The van der Waals surface area contributed by atoms with Crippen molar-refractivity contribution >= 4 is 22.5 Å². The molecule has 158 valence electrons. The van der Waals surface area contributed by atoms with Crippen molar-refractivity contribution in [1.29, 1.82) is 0 Å². The van der Waals surface area contributed by atoms with Gasteiger partial charge >= 0.3 is 0 Å². The molecule has 0 radical (unpaired) electrons. The summed E-state index contributed by atoms with van der Waals surface area (Å²) < 4.78 is 34.1.